The summed E-state index contributed by atoms with van der Waals surface area (Å²) in [6.45, 7) is 4.56. The standard InChI is InChI=1S/C19H22ClF2N5O/c1-11-3-6-27(11)17-13-8-23-18(24-15(13)14(22)16(20)25-17)28-10-19-4-2-5-26(19)9-12(21)7-19/h8,11-12H,2-7,9-10H2,1H3/t11-,12+,19-/m0/s1. The molecular formula is C19H22ClF2N5O. The molecular weight excluding hydrogens is 388 g/mol. The minimum atomic E-state index is -0.829. The molecule has 0 N–H and O–H groups in total. The van der Waals surface area contributed by atoms with Gasteiger partial charge in [0.25, 0.3) is 0 Å². The van der Waals surface area contributed by atoms with Gasteiger partial charge in [-0.2, -0.15) is 4.98 Å². The molecule has 28 heavy (non-hydrogen) atoms. The zero-order valence-corrected chi connectivity index (χ0v) is 16.4. The molecule has 9 heteroatoms. The molecule has 2 aromatic rings. The summed E-state index contributed by atoms with van der Waals surface area (Å²) in [4.78, 5) is 17.0. The van der Waals surface area contributed by atoms with Crippen LogP contribution in [0.2, 0.25) is 5.15 Å². The average molecular weight is 410 g/mol. The van der Waals surface area contributed by atoms with Gasteiger partial charge in [0.05, 0.1) is 10.9 Å². The van der Waals surface area contributed by atoms with Crippen LogP contribution in [-0.4, -0.2) is 63.8 Å². The maximum Gasteiger partial charge on any atom is 0.317 e. The van der Waals surface area contributed by atoms with Crippen LogP contribution in [0.15, 0.2) is 6.20 Å². The molecule has 2 aromatic heterocycles. The van der Waals surface area contributed by atoms with Gasteiger partial charge in [-0.15, -0.1) is 0 Å². The number of fused-ring (bicyclic) bond motifs is 2. The Balaban J connectivity index is 1.44. The van der Waals surface area contributed by atoms with Gasteiger partial charge in [0.2, 0.25) is 0 Å². The van der Waals surface area contributed by atoms with Crippen LogP contribution in [0.5, 0.6) is 6.01 Å². The fourth-order valence-electron chi connectivity index (χ4n) is 4.76. The first-order chi connectivity index (χ1) is 13.5. The van der Waals surface area contributed by atoms with Crippen LogP contribution < -0.4 is 9.64 Å². The molecule has 3 saturated heterocycles. The van der Waals surface area contributed by atoms with Crippen LogP contribution in [0, 0.1) is 5.82 Å². The van der Waals surface area contributed by atoms with E-state index in [0.717, 1.165) is 32.4 Å². The number of anilines is 1. The largest absolute Gasteiger partial charge is 0.461 e. The van der Waals surface area contributed by atoms with Gasteiger partial charge in [-0.1, -0.05) is 11.6 Å². The summed E-state index contributed by atoms with van der Waals surface area (Å²) in [7, 11) is 0. The Morgan fingerprint density at radius 3 is 2.96 bits per heavy atom. The van der Waals surface area contributed by atoms with Gasteiger partial charge in [-0.3, -0.25) is 4.90 Å². The smallest absolute Gasteiger partial charge is 0.317 e. The highest BCUT2D eigenvalue weighted by Gasteiger charge is 2.49. The number of rotatable bonds is 4. The molecule has 0 radical (unpaired) electrons. The summed E-state index contributed by atoms with van der Waals surface area (Å²) >= 11 is 6.02. The predicted molar refractivity (Wildman–Crippen MR) is 102 cm³/mol. The van der Waals surface area contributed by atoms with E-state index in [1.807, 2.05) is 0 Å². The molecule has 5 heterocycles. The topological polar surface area (TPSA) is 54.4 Å². The summed E-state index contributed by atoms with van der Waals surface area (Å²) in [5.74, 6) is -0.0745. The molecule has 0 saturated carbocycles. The fourth-order valence-corrected chi connectivity index (χ4v) is 4.93. The lowest BCUT2D eigenvalue weighted by Crippen LogP contribution is -2.46. The highest BCUT2D eigenvalue weighted by atomic mass is 35.5. The summed E-state index contributed by atoms with van der Waals surface area (Å²) in [6, 6.07) is 0.399. The van der Waals surface area contributed by atoms with E-state index in [4.69, 9.17) is 16.3 Å². The number of halogens is 3. The summed E-state index contributed by atoms with van der Waals surface area (Å²) in [6.07, 6.45) is 4.14. The summed E-state index contributed by atoms with van der Waals surface area (Å²) in [5, 5.41) is 0.314. The van der Waals surface area contributed by atoms with Crippen molar-refractivity contribution in [2.24, 2.45) is 0 Å². The number of alkyl halides is 1. The van der Waals surface area contributed by atoms with Gasteiger partial charge in [-0.25, -0.2) is 18.7 Å². The Bertz CT molecular complexity index is 931. The first-order valence-electron chi connectivity index (χ1n) is 9.77. The lowest BCUT2D eigenvalue weighted by molar-refractivity contribution is 0.107. The van der Waals surface area contributed by atoms with E-state index in [9.17, 15) is 8.78 Å². The number of ether oxygens (including phenoxy) is 1. The van der Waals surface area contributed by atoms with Crippen LogP contribution in [0.1, 0.15) is 32.6 Å². The second-order valence-corrected chi connectivity index (χ2v) is 8.51. The summed E-state index contributed by atoms with van der Waals surface area (Å²) in [5.41, 5.74) is -0.195. The monoisotopic (exact) mass is 409 g/mol. The summed E-state index contributed by atoms with van der Waals surface area (Å²) < 4.78 is 34.4. The van der Waals surface area contributed by atoms with Gasteiger partial charge in [0, 0.05) is 31.7 Å². The Labute approximate surface area is 166 Å². The Morgan fingerprint density at radius 2 is 2.21 bits per heavy atom. The van der Waals surface area contributed by atoms with Crippen molar-refractivity contribution < 1.29 is 13.5 Å². The molecule has 0 spiro atoms. The van der Waals surface area contributed by atoms with Crippen LogP contribution in [0.4, 0.5) is 14.6 Å². The van der Waals surface area contributed by atoms with Gasteiger partial charge < -0.3 is 9.64 Å². The zero-order valence-electron chi connectivity index (χ0n) is 15.7. The van der Waals surface area contributed by atoms with E-state index in [0.29, 0.717) is 36.8 Å². The minimum Gasteiger partial charge on any atom is -0.461 e. The van der Waals surface area contributed by atoms with Crippen molar-refractivity contribution in [3.8, 4) is 6.01 Å². The third-order valence-electron chi connectivity index (χ3n) is 6.42. The lowest BCUT2D eigenvalue weighted by atomic mass is 9.95. The highest BCUT2D eigenvalue weighted by Crippen LogP contribution is 2.40. The molecule has 3 fully saturated rings. The van der Waals surface area contributed by atoms with Crippen molar-refractivity contribution in [3.05, 3.63) is 17.2 Å². The number of pyridine rings is 1. The van der Waals surface area contributed by atoms with E-state index in [-0.39, 0.29) is 22.2 Å². The highest BCUT2D eigenvalue weighted by molar-refractivity contribution is 6.30. The molecule has 5 rings (SSSR count). The third-order valence-corrected chi connectivity index (χ3v) is 6.67. The first kappa shape index (κ1) is 18.2. The molecule has 3 aliphatic heterocycles. The average Bonchev–Trinajstić information content (AvgIpc) is 3.18. The molecule has 0 bridgehead atoms. The normalized spacial score (nSPS) is 29.9. The second kappa shape index (κ2) is 6.62. The van der Waals surface area contributed by atoms with E-state index in [1.54, 1.807) is 6.20 Å². The van der Waals surface area contributed by atoms with E-state index >= 15 is 0 Å². The van der Waals surface area contributed by atoms with Crippen molar-refractivity contribution in [3.63, 3.8) is 0 Å². The Kier molecular flexibility index (Phi) is 4.32. The van der Waals surface area contributed by atoms with E-state index < -0.39 is 12.0 Å². The molecule has 150 valence electrons. The van der Waals surface area contributed by atoms with Gasteiger partial charge in [0.1, 0.15) is 24.1 Å². The number of hydrogen-bond donors (Lipinski definition) is 0. The van der Waals surface area contributed by atoms with Gasteiger partial charge in [0.15, 0.2) is 11.0 Å². The third kappa shape index (κ3) is 2.80. The molecule has 6 nitrogen and oxygen atoms in total. The van der Waals surface area contributed by atoms with Gasteiger partial charge in [-0.05, 0) is 32.7 Å². The van der Waals surface area contributed by atoms with Crippen LogP contribution >= 0.6 is 11.6 Å². The van der Waals surface area contributed by atoms with Crippen molar-refractivity contribution in [2.75, 3.05) is 31.1 Å². The maximum atomic E-state index is 14.6. The molecule has 3 atom stereocenters. The minimum absolute atomic E-state index is 0.0832. The molecule has 0 amide bonds. The molecule has 0 aliphatic carbocycles. The Morgan fingerprint density at radius 1 is 1.36 bits per heavy atom. The van der Waals surface area contributed by atoms with Gasteiger partial charge >= 0.3 is 6.01 Å². The molecule has 3 aliphatic rings. The maximum absolute atomic E-state index is 14.6. The van der Waals surface area contributed by atoms with Crippen molar-refractivity contribution >= 4 is 28.3 Å². The van der Waals surface area contributed by atoms with Crippen LogP contribution in [0.3, 0.4) is 0 Å². The first-order valence-corrected chi connectivity index (χ1v) is 10.1. The quantitative estimate of drug-likeness (QED) is 0.722. The molecule has 0 unspecified atom stereocenters. The number of aromatic nitrogens is 3. The SMILES string of the molecule is C[C@H]1CCN1c1nc(Cl)c(F)c2nc(OC[C@@]34CCCN3C[C@H](F)C4)ncc12. The fraction of sp³-hybridized carbons (Fsp3) is 0.632. The van der Waals surface area contributed by atoms with Crippen molar-refractivity contribution in [1.82, 2.24) is 19.9 Å². The van der Waals surface area contributed by atoms with Crippen LogP contribution in [0.25, 0.3) is 10.9 Å². The lowest BCUT2D eigenvalue weighted by Gasteiger charge is -2.40. The van der Waals surface area contributed by atoms with E-state index in [1.165, 1.54) is 0 Å². The van der Waals surface area contributed by atoms with Crippen molar-refractivity contribution in [2.45, 2.75) is 50.4 Å². The van der Waals surface area contributed by atoms with Crippen LogP contribution in [-0.2, 0) is 0 Å². The predicted octanol–water partition coefficient (Wildman–Crippen LogP) is 3.37. The zero-order chi connectivity index (χ0) is 19.5. The second-order valence-electron chi connectivity index (χ2n) is 8.15. The van der Waals surface area contributed by atoms with E-state index in [2.05, 4.69) is 31.7 Å². The van der Waals surface area contributed by atoms with Crippen molar-refractivity contribution in [1.29, 1.82) is 0 Å². The Hall–Kier alpha value is -1.80. The number of hydrogen-bond acceptors (Lipinski definition) is 6. The molecule has 0 aromatic carbocycles. The number of nitrogens with zero attached hydrogens (tertiary/aromatic N) is 5.